The van der Waals surface area contributed by atoms with E-state index in [0.717, 1.165) is 17.7 Å². The number of hydrogen-bond donors (Lipinski definition) is 2. The molecule has 37 heavy (non-hydrogen) atoms. The fraction of sp³-hybridized carbons (Fsp3) is 0.333. The maximum Gasteiger partial charge on any atom is 0.253 e. The minimum atomic E-state index is -0.425. The molecule has 0 radical (unpaired) electrons. The first-order valence-corrected chi connectivity index (χ1v) is 13.8. The lowest BCUT2D eigenvalue weighted by Crippen LogP contribution is -2.32. The molecule has 0 aliphatic heterocycles. The minimum Gasteiger partial charge on any atom is -0.342 e. The van der Waals surface area contributed by atoms with Crippen LogP contribution in [0.5, 0.6) is 0 Å². The molecular formula is C27H31Cl2N5O2S. The second kappa shape index (κ2) is 13.7. The van der Waals surface area contributed by atoms with Gasteiger partial charge in [0.15, 0.2) is 11.0 Å². The number of nitrogens with zero attached hydrogens (tertiary/aromatic N) is 3. The molecule has 0 unspecified atom stereocenters. The number of amides is 2. The van der Waals surface area contributed by atoms with E-state index in [4.69, 9.17) is 23.2 Å². The Labute approximate surface area is 232 Å². The summed E-state index contributed by atoms with van der Waals surface area (Å²) < 4.78 is 1.88. The molecule has 3 rings (SSSR count). The van der Waals surface area contributed by atoms with Crippen LogP contribution in [0, 0.1) is 5.92 Å². The van der Waals surface area contributed by atoms with Crippen LogP contribution in [0.25, 0.3) is 0 Å². The average molecular weight is 561 g/mol. The third-order valence-corrected chi connectivity index (χ3v) is 7.08. The Morgan fingerprint density at radius 1 is 1.16 bits per heavy atom. The zero-order valence-electron chi connectivity index (χ0n) is 21.1. The second-order valence-corrected chi connectivity index (χ2v) is 10.7. The Morgan fingerprint density at radius 2 is 1.92 bits per heavy atom. The molecule has 0 spiro atoms. The lowest BCUT2D eigenvalue weighted by atomic mass is 10.0. The minimum absolute atomic E-state index is 0.134. The zero-order valence-corrected chi connectivity index (χ0v) is 23.5. The molecule has 0 aliphatic carbocycles. The number of nitrogens with one attached hydrogen (secondary N) is 2. The summed E-state index contributed by atoms with van der Waals surface area (Å²) in [6.45, 7) is 10.5. The molecule has 2 N–H and O–H groups in total. The molecule has 0 saturated carbocycles. The number of carbonyl (C=O) groups is 2. The molecule has 10 heteroatoms. The van der Waals surface area contributed by atoms with E-state index < -0.39 is 6.04 Å². The van der Waals surface area contributed by atoms with Gasteiger partial charge in [0.1, 0.15) is 0 Å². The number of benzene rings is 2. The molecule has 3 aromatic rings. The molecule has 196 valence electrons. The van der Waals surface area contributed by atoms with Crippen LogP contribution in [-0.2, 0) is 17.8 Å². The number of allylic oxidation sites excluding steroid dienone is 1. The van der Waals surface area contributed by atoms with Crippen LogP contribution in [0.2, 0.25) is 10.0 Å². The van der Waals surface area contributed by atoms with Crippen LogP contribution in [0.4, 0.5) is 5.69 Å². The van der Waals surface area contributed by atoms with Gasteiger partial charge in [-0.15, -0.1) is 16.8 Å². The fourth-order valence-electron chi connectivity index (χ4n) is 3.84. The highest BCUT2D eigenvalue weighted by atomic mass is 35.5. The first kappa shape index (κ1) is 28.8. The van der Waals surface area contributed by atoms with Gasteiger partial charge in [-0.05, 0) is 48.6 Å². The lowest BCUT2D eigenvalue weighted by molar-refractivity contribution is -0.113. The number of carbonyl (C=O) groups excluding carboxylic acids is 2. The fourth-order valence-corrected chi connectivity index (χ4v) is 5.09. The van der Waals surface area contributed by atoms with Crippen molar-refractivity contribution in [3.63, 3.8) is 0 Å². The SMILES string of the molecule is C=CCn1c(SCC(=O)Nc2ccccc2CC)nnc1[C@@H](CC(C)C)NC(=O)c1ccc(Cl)cc1Cl. The topological polar surface area (TPSA) is 88.9 Å². The van der Waals surface area contributed by atoms with E-state index in [-0.39, 0.29) is 28.5 Å². The maximum atomic E-state index is 13.1. The number of para-hydroxylation sites is 1. The summed E-state index contributed by atoms with van der Waals surface area (Å²) >= 11 is 13.5. The number of rotatable bonds is 12. The summed E-state index contributed by atoms with van der Waals surface area (Å²) in [6.07, 6.45) is 3.19. The number of hydrogen-bond acceptors (Lipinski definition) is 5. The summed E-state index contributed by atoms with van der Waals surface area (Å²) in [4.78, 5) is 25.8. The van der Waals surface area contributed by atoms with E-state index in [1.54, 1.807) is 18.2 Å². The van der Waals surface area contributed by atoms with Crippen molar-refractivity contribution in [1.29, 1.82) is 0 Å². The molecular weight excluding hydrogens is 529 g/mol. The first-order chi connectivity index (χ1) is 17.7. The van der Waals surface area contributed by atoms with E-state index in [0.29, 0.717) is 34.5 Å². The van der Waals surface area contributed by atoms with E-state index >= 15 is 0 Å². The summed E-state index contributed by atoms with van der Waals surface area (Å²) in [5.74, 6) is 0.551. The van der Waals surface area contributed by atoms with Crippen LogP contribution >= 0.6 is 35.0 Å². The molecule has 2 aromatic carbocycles. The number of anilines is 1. The summed E-state index contributed by atoms with van der Waals surface area (Å²) in [6, 6.07) is 12.1. The van der Waals surface area contributed by atoms with Crippen molar-refractivity contribution in [2.45, 2.75) is 51.4 Å². The van der Waals surface area contributed by atoms with Crippen LogP contribution in [0.3, 0.4) is 0 Å². The van der Waals surface area contributed by atoms with Gasteiger partial charge in [-0.25, -0.2) is 0 Å². The van der Waals surface area contributed by atoms with Gasteiger partial charge in [0, 0.05) is 17.3 Å². The van der Waals surface area contributed by atoms with Crippen molar-refractivity contribution in [2.24, 2.45) is 5.92 Å². The quantitative estimate of drug-likeness (QED) is 0.193. The number of halogens is 2. The molecule has 1 atom stereocenters. The summed E-state index contributed by atoms with van der Waals surface area (Å²) in [5, 5.41) is 16.1. The molecule has 1 heterocycles. The molecule has 1 aromatic heterocycles. The monoisotopic (exact) mass is 559 g/mol. The van der Waals surface area contributed by atoms with Gasteiger partial charge < -0.3 is 15.2 Å². The van der Waals surface area contributed by atoms with Crippen molar-refractivity contribution >= 4 is 52.5 Å². The Bertz CT molecular complexity index is 1260. The van der Waals surface area contributed by atoms with Crippen LogP contribution in [-0.4, -0.2) is 32.3 Å². The van der Waals surface area contributed by atoms with Gasteiger partial charge in [-0.2, -0.15) is 0 Å². The number of aromatic nitrogens is 3. The van der Waals surface area contributed by atoms with Crippen molar-refractivity contribution < 1.29 is 9.59 Å². The van der Waals surface area contributed by atoms with E-state index in [2.05, 4.69) is 41.3 Å². The lowest BCUT2D eigenvalue weighted by Gasteiger charge is -2.21. The molecule has 0 saturated heterocycles. The Balaban J connectivity index is 1.79. The van der Waals surface area contributed by atoms with Gasteiger partial charge in [0.25, 0.3) is 5.91 Å². The summed E-state index contributed by atoms with van der Waals surface area (Å²) in [5.41, 5.74) is 2.21. The second-order valence-electron chi connectivity index (χ2n) is 8.87. The molecule has 0 bridgehead atoms. The van der Waals surface area contributed by atoms with E-state index in [9.17, 15) is 9.59 Å². The van der Waals surface area contributed by atoms with Crippen LogP contribution < -0.4 is 10.6 Å². The molecule has 7 nitrogen and oxygen atoms in total. The van der Waals surface area contributed by atoms with Crippen molar-refractivity contribution in [3.05, 3.63) is 82.1 Å². The first-order valence-electron chi connectivity index (χ1n) is 12.0. The standard InChI is InChI=1S/C27H31Cl2N5O2S/c1-5-13-34-25(23(14-17(3)4)31-26(36)20-12-11-19(28)15-21(20)29)32-33-27(34)37-16-24(35)30-22-10-8-7-9-18(22)6-2/h5,7-12,15,17,23H,1,6,13-14,16H2,2-4H3,(H,30,35)(H,31,36)/t23-/m1/s1. The van der Waals surface area contributed by atoms with Gasteiger partial charge >= 0.3 is 0 Å². The van der Waals surface area contributed by atoms with E-state index in [1.807, 2.05) is 35.8 Å². The van der Waals surface area contributed by atoms with Gasteiger partial charge in [0.2, 0.25) is 5.91 Å². The molecule has 0 aliphatic rings. The van der Waals surface area contributed by atoms with Crippen molar-refractivity contribution in [3.8, 4) is 0 Å². The predicted molar refractivity (Wildman–Crippen MR) is 152 cm³/mol. The van der Waals surface area contributed by atoms with Crippen LogP contribution in [0.15, 0.2) is 60.3 Å². The Hall–Kier alpha value is -2.81. The summed E-state index contributed by atoms with van der Waals surface area (Å²) in [7, 11) is 0. The third-order valence-electron chi connectivity index (χ3n) is 5.56. The average Bonchev–Trinajstić information content (AvgIpc) is 3.25. The number of aryl methyl sites for hydroxylation is 1. The molecule has 2 amide bonds. The largest absolute Gasteiger partial charge is 0.342 e. The zero-order chi connectivity index (χ0) is 26.9. The van der Waals surface area contributed by atoms with Crippen molar-refractivity contribution in [2.75, 3.05) is 11.1 Å². The van der Waals surface area contributed by atoms with Gasteiger partial charge in [-0.3, -0.25) is 9.59 Å². The third kappa shape index (κ3) is 7.84. The van der Waals surface area contributed by atoms with Crippen LogP contribution in [0.1, 0.15) is 55.0 Å². The highest BCUT2D eigenvalue weighted by molar-refractivity contribution is 7.99. The Morgan fingerprint density at radius 3 is 2.59 bits per heavy atom. The van der Waals surface area contributed by atoms with Crippen molar-refractivity contribution in [1.82, 2.24) is 20.1 Å². The van der Waals surface area contributed by atoms with E-state index in [1.165, 1.54) is 17.8 Å². The Kier molecular flexibility index (Phi) is 10.6. The maximum absolute atomic E-state index is 13.1. The molecule has 0 fully saturated rings. The highest BCUT2D eigenvalue weighted by Gasteiger charge is 2.25. The van der Waals surface area contributed by atoms with Gasteiger partial charge in [0.05, 0.1) is 22.4 Å². The normalized spacial score (nSPS) is 11.8. The smallest absolute Gasteiger partial charge is 0.253 e. The predicted octanol–water partition coefficient (Wildman–Crippen LogP) is 6.58. The van der Waals surface area contributed by atoms with Gasteiger partial charge in [-0.1, -0.05) is 80.0 Å². The number of thioether (sulfide) groups is 1. The highest BCUT2D eigenvalue weighted by Crippen LogP contribution is 2.27.